The number of carboxylic acid groups (broad SMARTS) is 1. The Bertz CT molecular complexity index is 429. The predicted molar refractivity (Wildman–Crippen MR) is 66.3 cm³/mol. The number of urea groups is 1. The van der Waals surface area contributed by atoms with E-state index < -0.39 is 5.97 Å². The minimum atomic E-state index is -0.803. The molecule has 0 radical (unpaired) electrons. The standard InChI is InChI=1S/C11H15N3O3S/c1-13(5-9-6-18-7-12-9)11(17)14-3-8(4-14)2-10(15)16/h6-8H,2-5H2,1H3,(H,15,16). The van der Waals surface area contributed by atoms with Crippen LogP contribution in [0, 0.1) is 5.92 Å². The van der Waals surface area contributed by atoms with Crippen LogP contribution in [-0.4, -0.2) is 52.0 Å². The monoisotopic (exact) mass is 269 g/mol. The van der Waals surface area contributed by atoms with Gasteiger partial charge in [-0.3, -0.25) is 4.79 Å². The molecule has 2 rings (SSSR count). The molecule has 1 aliphatic rings. The number of likely N-dealkylation sites (tertiary alicyclic amines) is 1. The van der Waals surface area contributed by atoms with Crippen molar-refractivity contribution in [1.29, 1.82) is 0 Å². The molecule has 0 unspecified atom stereocenters. The minimum absolute atomic E-state index is 0.0651. The summed E-state index contributed by atoms with van der Waals surface area (Å²) in [5.41, 5.74) is 2.61. The largest absolute Gasteiger partial charge is 0.481 e. The lowest BCUT2D eigenvalue weighted by Crippen LogP contribution is -2.54. The summed E-state index contributed by atoms with van der Waals surface area (Å²) < 4.78 is 0. The van der Waals surface area contributed by atoms with E-state index in [4.69, 9.17) is 5.11 Å². The van der Waals surface area contributed by atoms with Gasteiger partial charge in [0, 0.05) is 31.4 Å². The molecule has 98 valence electrons. The van der Waals surface area contributed by atoms with E-state index in [2.05, 4.69) is 4.98 Å². The van der Waals surface area contributed by atoms with Crippen LogP contribution in [0.15, 0.2) is 10.9 Å². The van der Waals surface area contributed by atoms with Gasteiger partial charge in [-0.15, -0.1) is 11.3 Å². The smallest absolute Gasteiger partial charge is 0.320 e. The van der Waals surface area contributed by atoms with E-state index in [1.54, 1.807) is 22.4 Å². The van der Waals surface area contributed by atoms with Gasteiger partial charge in [-0.05, 0) is 0 Å². The number of hydrogen-bond donors (Lipinski definition) is 1. The molecular weight excluding hydrogens is 254 g/mol. The first-order valence-electron chi connectivity index (χ1n) is 5.65. The van der Waals surface area contributed by atoms with Crippen LogP contribution in [0.25, 0.3) is 0 Å². The van der Waals surface area contributed by atoms with E-state index in [0.717, 1.165) is 5.69 Å². The van der Waals surface area contributed by atoms with Gasteiger partial charge in [0.15, 0.2) is 0 Å². The first-order valence-corrected chi connectivity index (χ1v) is 6.59. The number of hydrogen-bond acceptors (Lipinski definition) is 4. The molecule has 1 N–H and O–H groups in total. The molecule has 7 heteroatoms. The summed E-state index contributed by atoms with van der Waals surface area (Å²) >= 11 is 1.50. The van der Waals surface area contributed by atoms with Crippen LogP contribution >= 0.6 is 11.3 Å². The van der Waals surface area contributed by atoms with Gasteiger partial charge >= 0.3 is 12.0 Å². The van der Waals surface area contributed by atoms with Crippen molar-refractivity contribution in [3.05, 3.63) is 16.6 Å². The van der Waals surface area contributed by atoms with Crippen LogP contribution in [0.1, 0.15) is 12.1 Å². The molecule has 2 amide bonds. The van der Waals surface area contributed by atoms with Crippen molar-refractivity contribution in [2.75, 3.05) is 20.1 Å². The van der Waals surface area contributed by atoms with Crippen molar-refractivity contribution in [3.63, 3.8) is 0 Å². The molecule has 1 saturated heterocycles. The highest BCUT2D eigenvalue weighted by atomic mass is 32.1. The second-order valence-electron chi connectivity index (χ2n) is 4.49. The predicted octanol–water partition coefficient (Wildman–Crippen LogP) is 1.10. The number of aliphatic carboxylic acids is 1. The molecule has 1 aromatic rings. The summed E-state index contributed by atoms with van der Waals surface area (Å²) in [5.74, 6) is -0.706. The molecule has 0 aromatic carbocycles. The van der Waals surface area contributed by atoms with Gasteiger partial charge in [0.05, 0.1) is 24.2 Å². The number of carbonyl (C=O) groups excluding carboxylic acids is 1. The van der Waals surface area contributed by atoms with Crippen molar-refractivity contribution in [1.82, 2.24) is 14.8 Å². The Hall–Kier alpha value is -1.63. The lowest BCUT2D eigenvalue weighted by atomic mass is 9.97. The summed E-state index contributed by atoms with van der Waals surface area (Å²) in [7, 11) is 1.73. The third-order valence-electron chi connectivity index (χ3n) is 2.90. The van der Waals surface area contributed by atoms with E-state index in [0.29, 0.717) is 19.6 Å². The lowest BCUT2D eigenvalue weighted by Gasteiger charge is -2.40. The SMILES string of the molecule is CN(Cc1cscn1)C(=O)N1CC(CC(=O)O)C1. The third kappa shape index (κ3) is 2.98. The highest BCUT2D eigenvalue weighted by Crippen LogP contribution is 2.20. The zero-order chi connectivity index (χ0) is 13.1. The van der Waals surface area contributed by atoms with Gasteiger partial charge < -0.3 is 14.9 Å². The van der Waals surface area contributed by atoms with Crippen LogP contribution in [-0.2, 0) is 11.3 Å². The Balaban J connectivity index is 1.77. The Morgan fingerprint density at radius 1 is 1.61 bits per heavy atom. The molecule has 2 heterocycles. The fourth-order valence-electron chi connectivity index (χ4n) is 1.97. The molecule has 0 spiro atoms. The van der Waals surface area contributed by atoms with Crippen LogP contribution in [0.3, 0.4) is 0 Å². The highest BCUT2D eigenvalue weighted by Gasteiger charge is 2.33. The van der Waals surface area contributed by atoms with Crippen LogP contribution in [0.4, 0.5) is 4.79 Å². The van der Waals surface area contributed by atoms with Gasteiger partial charge in [0.1, 0.15) is 0 Å². The number of nitrogens with zero attached hydrogens (tertiary/aromatic N) is 3. The minimum Gasteiger partial charge on any atom is -0.481 e. The van der Waals surface area contributed by atoms with Crippen molar-refractivity contribution in [2.45, 2.75) is 13.0 Å². The average molecular weight is 269 g/mol. The van der Waals surface area contributed by atoms with E-state index in [1.807, 2.05) is 5.38 Å². The number of rotatable bonds is 4. The second-order valence-corrected chi connectivity index (χ2v) is 5.21. The maximum Gasteiger partial charge on any atom is 0.320 e. The van der Waals surface area contributed by atoms with Crippen molar-refractivity contribution >= 4 is 23.3 Å². The Morgan fingerprint density at radius 2 is 2.33 bits per heavy atom. The van der Waals surface area contributed by atoms with Gasteiger partial charge in [-0.25, -0.2) is 9.78 Å². The molecule has 1 aliphatic heterocycles. The van der Waals surface area contributed by atoms with Gasteiger partial charge in [-0.2, -0.15) is 0 Å². The zero-order valence-corrected chi connectivity index (χ0v) is 10.9. The third-order valence-corrected chi connectivity index (χ3v) is 3.54. The Kier molecular flexibility index (Phi) is 3.81. The summed E-state index contributed by atoms with van der Waals surface area (Å²) in [6.45, 7) is 1.56. The molecule has 6 nitrogen and oxygen atoms in total. The van der Waals surface area contributed by atoms with E-state index in [-0.39, 0.29) is 18.4 Å². The first-order chi connectivity index (χ1) is 8.56. The first kappa shape index (κ1) is 12.8. The molecular formula is C11H15N3O3S. The van der Waals surface area contributed by atoms with E-state index >= 15 is 0 Å². The average Bonchev–Trinajstić information content (AvgIpc) is 2.74. The maximum atomic E-state index is 12.0. The number of aromatic nitrogens is 1. The molecule has 1 fully saturated rings. The number of carboxylic acids is 1. The van der Waals surface area contributed by atoms with Crippen LogP contribution in [0.2, 0.25) is 0 Å². The summed E-state index contributed by atoms with van der Waals surface area (Å²) in [4.78, 5) is 29.9. The van der Waals surface area contributed by atoms with Gasteiger partial charge in [0.25, 0.3) is 0 Å². The lowest BCUT2D eigenvalue weighted by molar-refractivity contribution is -0.139. The number of thiazole rings is 1. The zero-order valence-electron chi connectivity index (χ0n) is 10.1. The fourth-order valence-corrected chi connectivity index (χ4v) is 2.52. The molecule has 1 aromatic heterocycles. The maximum absolute atomic E-state index is 12.0. The topological polar surface area (TPSA) is 73.7 Å². The fraction of sp³-hybridized carbons (Fsp3) is 0.545. The van der Waals surface area contributed by atoms with Crippen molar-refractivity contribution in [3.8, 4) is 0 Å². The Labute approximate surface area is 109 Å². The molecule has 0 atom stereocenters. The van der Waals surface area contributed by atoms with Crippen LogP contribution in [0.5, 0.6) is 0 Å². The molecule has 0 saturated carbocycles. The number of carbonyl (C=O) groups is 2. The summed E-state index contributed by atoms with van der Waals surface area (Å²) in [6, 6.07) is -0.0651. The second kappa shape index (κ2) is 5.34. The van der Waals surface area contributed by atoms with E-state index in [9.17, 15) is 9.59 Å². The number of amides is 2. The summed E-state index contributed by atoms with van der Waals surface area (Å²) in [6.07, 6.45) is 0.138. The van der Waals surface area contributed by atoms with Gasteiger partial charge in [0.2, 0.25) is 0 Å². The highest BCUT2D eigenvalue weighted by molar-refractivity contribution is 7.07. The van der Waals surface area contributed by atoms with E-state index in [1.165, 1.54) is 11.3 Å². The Morgan fingerprint density at radius 3 is 2.89 bits per heavy atom. The van der Waals surface area contributed by atoms with Crippen LogP contribution < -0.4 is 0 Å². The van der Waals surface area contributed by atoms with Gasteiger partial charge in [-0.1, -0.05) is 0 Å². The molecule has 0 bridgehead atoms. The quantitative estimate of drug-likeness (QED) is 0.888. The molecule has 0 aliphatic carbocycles. The van der Waals surface area contributed by atoms with Crippen molar-refractivity contribution in [2.24, 2.45) is 5.92 Å². The normalized spacial score (nSPS) is 15.3. The van der Waals surface area contributed by atoms with Crippen molar-refractivity contribution < 1.29 is 14.7 Å². The summed E-state index contributed by atoms with van der Waals surface area (Å²) in [5, 5.41) is 10.5. The molecule has 18 heavy (non-hydrogen) atoms.